The van der Waals surface area contributed by atoms with Crippen molar-refractivity contribution in [1.82, 2.24) is 9.97 Å². The van der Waals surface area contributed by atoms with Crippen LogP contribution in [0.4, 0.5) is 5.82 Å². The van der Waals surface area contributed by atoms with Crippen molar-refractivity contribution in [2.45, 2.75) is 13.3 Å². The van der Waals surface area contributed by atoms with E-state index in [1.165, 1.54) is 17.0 Å². The van der Waals surface area contributed by atoms with Crippen molar-refractivity contribution in [3.05, 3.63) is 51.9 Å². The lowest BCUT2D eigenvalue weighted by Gasteiger charge is -2.22. The molecule has 0 spiro atoms. The molecular formula is C17H21Cl3N4O. The summed E-state index contributed by atoms with van der Waals surface area (Å²) in [6.45, 7) is 3.42. The molecule has 2 aromatic heterocycles. The SMILES string of the molecule is Cc1cccc(N(CCC[NH+](C)C)C(=O)c2cc(Cl)nc(Cl)c2)n1.[Cl-]. The molecule has 25 heavy (non-hydrogen) atoms. The molecule has 1 N–H and O–H groups in total. The molecule has 0 aromatic carbocycles. The lowest BCUT2D eigenvalue weighted by molar-refractivity contribution is -0.858. The second kappa shape index (κ2) is 9.92. The normalized spacial score (nSPS) is 10.5. The molecule has 0 aliphatic heterocycles. The number of rotatable bonds is 6. The van der Waals surface area contributed by atoms with Crippen LogP contribution in [0.15, 0.2) is 30.3 Å². The van der Waals surface area contributed by atoms with E-state index in [1.54, 1.807) is 4.90 Å². The topological polar surface area (TPSA) is 50.5 Å². The lowest BCUT2D eigenvalue weighted by atomic mass is 10.2. The van der Waals surface area contributed by atoms with Crippen molar-refractivity contribution in [1.29, 1.82) is 0 Å². The molecule has 0 aliphatic carbocycles. The number of nitrogens with one attached hydrogen (secondary N) is 1. The zero-order valence-corrected chi connectivity index (χ0v) is 16.7. The summed E-state index contributed by atoms with van der Waals surface area (Å²) in [6, 6.07) is 8.67. The van der Waals surface area contributed by atoms with Crippen LogP contribution in [0.3, 0.4) is 0 Å². The van der Waals surface area contributed by atoms with Gasteiger partial charge in [0.25, 0.3) is 5.91 Å². The highest BCUT2D eigenvalue weighted by Gasteiger charge is 2.20. The molecule has 5 nitrogen and oxygen atoms in total. The van der Waals surface area contributed by atoms with E-state index < -0.39 is 0 Å². The summed E-state index contributed by atoms with van der Waals surface area (Å²) in [6.07, 6.45) is 0.857. The standard InChI is InChI=1S/C17H20Cl2N4O.ClH/c1-12-6-4-7-16(20-12)23(9-5-8-22(2)3)17(24)13-10-14(18)21-15(19)11-13;/h4,6-7,10-11H,5,8-9H2,1-3H3;1H. The molecular weight excluding hydrogens is 383 g/mol. The van der Waals surface area contributed by atoms with E-state index in [0.717, 1.165) is 18.7 Å². The summed E-state index contributed by atoms with van der Waals surface area (Å²) < 4.78 is 0. The number of carbonyl (C=O) groups is 1. The number of carbonyl (C=O) groups excluding carboxylic acids is 1. The number of anilines is 1. The van der Waals surface area contributed by atoms with Gasteiger partial charge < -0.3 is 17.3 Å². The summed E-state index contributed by atoms with van der Waals surface area (Å²) >= 11 is 11.9. The van der Waals surface area contributed by atoms with E-state index in [2.05, 4.69) is 24.1 Å². The summed E-state index contributed by atoms with van der Waals surface area (Å²) in [5.74, 6) is 0.436. The molecule has 2 aromatic rings. The maximum absolute atomic E-state index is 13.0. The first kappa shape index (κ1) is 21.6. The van der Waals surface area contributed by atoms with Gasteiger partial charge in [-0.15, -0.1) is 0 Å². The molecule has 0 unspecified atom stereocenters. The van der Waals surface area contributed by atoms with Gasteiger partial charge in [-0.2, -0.15) is 0 Å². The fraction of sp³-hybridized carbons (Fsp3) is 0.353. The van der Waals surface area contributed by atoms with Crippen molar-refractivity contribution < 1.29 is 22.1 Å². The van der Waals surface area contributed by atoms with Gasteiger partial charge in [0, 0.05) is 24.2 Å². The number of aromatic nitrogens is 2. The van der Waals surface area contributed by atoms with Crippen LogP contribution in [0, 0.1) is 6.92 Å². The van der Waals surface area contributed by atoms with E-state index in [1.807, 2.05) is 25.1 Å². The smallest absolute Gasteiger partial charge is 0.259 e. The number of hydrogen-bond acceptors (Lipinski definition) is 3. The minimum atomic E-state index is -0.187. The molecule has 1 amide bonds. The van der Waals surface area contributed by atoms with Crippen LogP contribution >= 0.6 is 23.2 Å². The van der Waals surface area contributed by atoms with Crippen LogP contribution in [0.2, 0.25) is 10.3 Å². The molecule has 8 heteroatoms. The third-order valence-corrected chi connectivity index (χ3v) is 3.85. The molecule has 0 bridgehead atoms. The summed E-state index contributed by atoms with van der Waals surface area (Å²) in [4.78, 5) is 24.3. The fourth-order valence-electron chi connectivity index (χ4n) is 2.33. The number of nitrogens with zero attached hydrogens (tertiary/aromatic N) is 3. The first-order valence-electron chi connectivity index (χ1n) is 7.74. The minimum absolute atomic E-state index is 0. The van der Waals surface area contributed by atoms with Gasteiger partial charge in [0.2, 0.25) is 0 Å². The quantitative estimate of drug-likeness (QED) is 0.648. The van der Waals surface area contributed by atoms with Crippen LogP contribution in [0.1, 0.15) is 22.5 Å². The Labute approximate surface area is 164 Å². The van der Waals surface area contributed by atoms with Crippen molar-refractivity contribution in [3.63, 3.8) is 0 Å². The van der Waals surface area contributed by atoms with Crippen LogP contribution < -0.4 is 22.2 Å². The molecule has 2 rings (SSSR count). The zero-order valence-electron chi connectivity index (χ0n) is 14.4. The average Bonchev–Trinajstić information content (AvgIpc) is 2.49. The van der Waals surface area contributed by atoms with Crippen LogP contribution in [0.5, 0.6) is 0 Å². The van der Waals surface area contributed by atoms with Gasteiger partial charge in [0.1, 0.15) is 16.1 Å². The number of aryl methyl sites for hydroxylation is 1. The van der Waals surface area contributed by atoms with Crippen LogP contribution in [0.25, 0.3) is 0 Å². The Morgan fingerprint density at radius 1 is 1.16 bits per heavy atom. The molecule has 2 heterocycles. The van der Waals surface area contributed by atoms with Gasteiger partial charge in [-0.1, -0.05) is 29.3 Å². The van der Waals surface area contributed by atoms with E-state index in [0.29, 0.717) is 17.9 Å². The first-order chi connectivity index (χ1) is 11.4. The van der Waals surface area contributed by atoms with Crippen molar-refractivity contribution in [2.75, 3.05) is 32.1 Å². The molecule has 0 atom stereocenters. The van der Waals surface area contributed by atoms with Crippen molar-refractivity contribution in [3.8, 4) is 0 Å². The van der Waals surface area contributed by atoms with Gasteiger partial charge >= 0.3 is 0 Å². The highest BCUT2D eigenvalue weighted by Crippen LogP contribution is 2.20. The maximum Gasteiger partial charge on any atom is 0.259 e. The Bertz CT molecular complexity index is 705. The maximum atomic E-state index is 13.0. The Morgan fingerprint density at radius 2 is 1.80 bits per heavy atom. The minimum Gasteiger partial charge on any atom is -1.00 e. The Hall–Kier alpha value is -1.40. The van der Waals surface area contributed by atoms with E-state index >= 15 is 0 Å². The molecule has 0 saturated carbocycles. The predicted molar refractivity (Wildman–Crippen MR) is 97.2 cm³/mol. The number of halogens is 3. The van der Waals surface area contributed by atoms with Gasteiger partial charge in [-0.3, -0.25) is 9.69 Å². The Morgan fingerprint density at radius 3 is 2.36 bits per heavy atom. The third-order valence-electron chi connectivity index (χ3n) is 3.46. The number of hydrogen-bond donors (Lipinski definition) is 1. The highest BCUT2D eigenvalue weighted by molar-refractivity contribution is 6.33. The van der Waals surface area contributed by atoms with E-state index in [4.69, 9.17) is 23.2 Å². The van der Waals surface area contributed by atoms with Gasteiger partial charge in [0.15, 0.2) is 0 Å². The van der Waals surface area contributed by atoms with Crippen molar-refractivity contribution in [2.24, 2.45) is 0 Å². The van der Waals surface area contributed by atoms with Crippen molar-refractivity contribution >= 4 is 34.9 Å². The second-order valence-corrected chi connectivity index (χ2v) is 6.68. The Balaban J connectivity index is 0.00000312. The second-order valence-electron chi connectivity index (χ2n) is 5.91. The van der Waals surface area contributed by atoms with Crippen LogP contribution in [-0.4, -0.2) is 43.1 Å². The molecule has 0 radical (unpaired) electrons. The molecule has 0 aliphatic rings. The summed E-state index contributed by atoms with van der Waals surface area (Å²) in [5, 5.41) is 0.390. The fourth-order valence-corrected chi connectivity index (χ4v) is 2.79. The van der Waals surface area contributed by atoms with Crippen LogP contribution in [-0.2, 0) is 0 Å². The monoisotopic (exact) mass is 402 g/mol. The zero-order chi connectivity index (χ0) is 17.7. The van der Waals surface area contributed by atoms with E-state index in [9.17, 15) is 4.79 Å². The number of amides is 1. The number of pyridine rings is 2. The molecule has 136 valence electrons. The van der Waals surface area contributed by atoms with E-state index in [-0.39, 0.29) is 28.6 Å². The van der Waals surface area contributed by atoms with Gasteiger partial charge in [-0.05, 0) is 31.2 Å². The first-order valence-corrected chi connectivity index (χ1v) is 8.50. The Kier molecular flexibility index (Phi) is 8.59. The largest absolute Gasteiger partial charge is 1.00 e. The summed E-state index contributed by atoms with van der Waals surface area (Å²) in [5.41, 5.74) is 1.26. The molecule has 0 fully saturated rings. The predicted octanol–water partition coefficient (Wildman–Crippen LogP) is -0.723. The highest BCUT2D eigenvalue weighted by atomic mass is 35.5. The summed E-state index contributed by atoms with van der Waals surface area (Å²) in [7, 11) is 4.17. The van der Waals surface area contributed by atoms with Gasteiger partial charge in [-0.25, -0.2) is 9.97 Å². The lowest BCUT2D eigenvalue weighted by Crippen LogP contribution is -3.05. The van der Waals surface area contributed by atoms with Gasteiger partial charge in [0.05, 0.1) is 20.6 Å². The average molecular weight is 404 g/mol. The molecule has 0 saturated heterocycles. The third kappa shape index (κ3) is 6.44. The number of quaternary nitrogens is 1.